The monoisotopic (exact) mass is 406 g/mol. The first-order chi connectivity index (χ1) is 12.4. The average Bonchev–Trinajstić information content (AvgIpc) is 3.05. The van der Waals surface area contributed by atoms with Crippen LogP contribution in [0.5, 0.6) is 0 Å². The Morgan fingerprint density at radius 3 is 2.81 bits per heavy atom. The zero-order valence-electron chi connectivity index (χ0n) is 14.8. The zero-order chi connectivity index (χ0) is 18.5. The third-order valence-electron chi connectivity index (χ3n) is 5.74. The van der Waals surface area contributed by atoms with E-state index in [1.54, 1.807) is 6.92 Å². The summed E-state index contributed by atoms with van der Waals surface area (Å²) < 4.78 is 1.08. The summed E-state index contributed by atoms with van der Waals surface area (Å²) in [4.78, 5) is 14.9. The fraction of sp³-hybridized carbons (Fsp3) is 0.273. The van der Waals surface area contributed by atoms with E-state index < -0.39 is 5.41 Å². The molecule has 0 amide bonds. The highest BCUT2D eigenvalue weighted by molar-refractivity contribution is 9.10. The van der Waals surface area contributed by atoms with Gasteiger partial charge in [-0.2, -0.15) is 5.26 Å². The van der Waals surface area contributed by atoms with Crippen LogP contribution in [0.25, 0.3) is 10.9 Å². The summed E-state index contributed by atoms with van der Waals surface area (Å²) in [5, 5.41) is 11.1. The lowest BCUT2D eigenvalue weighted by Gasteiger charge is -2.30. The second-order valence-electron chi connectivity index (χ2n) is 7.33. The lowest BCUT2D eigenvalue weighted by atomic mass is 9.70. The van der Waals surface area contributed by atoms with Crippen molar-refractivity contribution >= 4 is 26.8 Å². The molecule has 4 heteroatoms. The van der Waals surface area contributed by atoms with Crippen LogP contribution in [0.15, 0.2) is 51.7 Å². The first kappa shape index (κ1) is 17.1. The van der Waals surface area contributed by atoms with E-state index in [-0.39, 0.29) is 11.5 Å². The standard InChI is InChI=1S/C22H19BrN2O/c1-13-9-15-3-5-16(11-20(15)25-21(13)26)22(2,12-24)19-8-4-14-10-17(23)6-7-18(14)19/h3,5-7,9-11,19H,4,8H2,1-2H3,(H,25,26). The van der Waals surface area contributed by atoms with Gasteiger partial charge in [-0.1, -0.05) is 34.1 Å². The van der Waals surface area contributed by atoms with Crippen LogP contribution in [0.1, 0.15) is 41.5 Å². The van der Waals surface area contributed by atoms with E-state index in [1.807, 2.05) is 31.2 Å². The van der Waals surface area contributed by atoms with Gasteiger partial charge in [0, 0.05) is 21.5 Å². The molecule has 0 bridgehead atoms. The number of pyridine rings is 1. The minimum Gasteiger partial charge on any atom is -0.322 e. The van der Waals surface area contributed by atoms with Crippen molar-refractivity contribution in [2.24, 2.45) is 0 Å². The van der Waals surface area contributed by atoms with Crippen LogP contribution < -0.4 is 5.56 Å². The molecule has 1 aromatic heterocycles. The van der Waals surface area contributed by atoms with Gasteiger partial charge in [0.15, 0.2) is 0 Å². The number of nitrogens with one attached hydrogen (secondary N) is 1. The predicted octanol–water partition coefficient (Wildman–Crippen LogP) is 5.11. The fourth-order valence-corrected chi connectivity index (χ4v) is 4.57. The normalized spacial score (nSPS) is 18.3. The number of halogens is 1. The summed E-state index contributed by atoms with van der Waals surface area (Å²) in [7, 11) is 0. The van der Waals surface area contributed by atoms with Crippen LogP contribution in [0.4, 0.5) is 0 Å². The number of aromatic nitrogens is 1. The number of hydrogen-bond acceptors (Lipinski definition) is 2. The highest BCUT2D eigenvalue weighted by Gasteiger charge is 2.41. The van der Waals surface area contributed by atoms with Gasteiger partial charge in [-0.3, -0.25) is 4.79 Å². The van der Waals surface area contributed by atoms with Gasteiger partial charge in [-0.05, 0) is 73.0 Å². The molecular formula is C22H19BrN2O. The Balaban J connectivity index is 1.85. The molecule has 3 nitrogen and oxygen atoms in total. The first-order valence-electron chi connectivity index (χ1n) is 8.76. The number of aryl methyl sites for hydroxylation is 2. The van der Waals surface area contributed by atoms with Crippen molar-refractivity contribution in [3.8, 4) is 6.07 Å². The van der Waals surface area contributed by atoms with E-state index in [1.165, 1.54) is 11.1 Å². The average molecular weight is 407 g/mol. The molecule has 0 saturated heterocycles. The molecule has 3 aromatic rings. The van der Waals surface area contributed by atoms with Crippen LogP contribution in [-0.2, 0) is 11.8 Å². The van der Waals surface area contributed by atoms with E-state index in [4.69, 9.17) is 0 Å². The Hall–Kier alpha value is -2.38. The number of hydrogen-bond donors (Lipinski definition) is 1. The van der Waals surface area contributed by atoms with Gasteiger partial charge in [0.1, 0.15) is 0 Å². The van der Waals surface area contributed by atoms with Gasteiger partial charge in [0.05, 0.1) is 11.5 Å². The quantitative estimate of drug-likeness (QED) is 0.642. The SMILES string of the molecule is Cc1cc2ccc(C(C)(C#N)C3CCc4cc(Br)ccc43)cc2[nH]c1=O. The largest absolute Gasteiger partial charge is 0.322 e. The van der Waals surface area contributed by atoms with Crippen molar-refractivity contribution in [1.29, 1.82) is 5.26 Å². The van der Waals surface area contributed by atoms with Gasteiger partial charge >= 0.3 is 0 Å². The van der Waals surface area contributed by atoms with E-state index in [0.717, 1.165) is 33.8 Å². The molecule has 0 fully saturated rings. The minimum absolute atomic E-state index is 0.0793. The van der Waals surface area contributed by atoms with Crippen molar-refractivity contribution in [3.63, 3.8) is 0 Å². The second-order valence-corrected chi connectivity index (χ2v) is 8.25. The molecule has 0 aliphatic heterocycles. The number of aromatic amines is 1. The maximum atomic E-state index is 12.0. The number of rotatable bonds is 2. The van der Waals surface area contributed by atoms with Gasteiger partial charge in [-0.25, -0.2) is 0 Å². The Bertz CT molecular complexity index is 1130. The molecular weight excluding hydrogens is 388 g/mol. The van der Waals surface area contributed by atoms with Crippen molar-refractivity contribution in [3.05, 3.63) is 79.5 Å². The van der Waals surface area contributed by atoms with Crippen LogP contribution >= 0.6 is 15.9 Å². The molecule has 1 aliphatic carbocycles. The number of nitriles is 1. The van der Waals surface area contributed by atoms with Gasteiger partial charge < -0.3 is 4.98 Å². The minimum atomic E-state index is -0.644. The summed E-state index contributed by atoms with van der Waals surface area (Å²) in [6.45, 7) is 3.82. The number of nitrogens with zero attached hydrogens (tertiary/aromatic N) is 1. The Morgan fingerprint density at radius 1 is 1.23 bits per heavy atom. The van der Waals surface area contributed by atoms with Crippen molar-refractivity contribution in [2.75, 3.05) is 0 Å². The summed E-state index contributed by atoms with van der Waals surface area (Å²) in [5.74, 6) is 0.144. The van der Waals surface area contributed by atoms with Crippen molar-refractivity contribution in [2.45, 2.75) is 38.0 Å². The van der Waals surface area contributed by atoms with E-state index in [0.29, 0.717) is 5.56 Å². The lowest BCUT2D eigenvalue weighted by molar-refractivity contribution is 0.470. The number of benzene rings is 2. The molecule has 1 aliphatic rings. The molecule has 0 radical (unpaired) electrons. The predicted molar refractivity (Wildman–Crippen MR) is 107 cm³/mol. The van der Waals surface area contributed by atoms with Gasteiger partial charge in [0.2, 0.25) is 0 Å². The van der Waals surface area contributed by atoms with Gasteiger partial charge in [0.25, 0.3) is 5.56 Å². The fourth-order valence-electron chi connectivity index (χ4n) is 4.16. The number of H-pyrrole nitrogens is 1. The summed E-state index contributed by atoms with van der Waals surface area (Å²) in [6.07, 6.45) is 1.94. The summed E-state index contributed by atoms with van der Waals surface area (Å²) in [6, 6.07) is 16.8. The van der Waals surface area contributed by atoms with Gasteiger partial charge in [-0.15, -0.1) is 0 Å². The summed E-state index contributed by atoms with van der Waals surface area (Å²) in [5.41, 5.74) is 4.29. The third kappa shape index (κ3) is 2.59. The van der Waals surface area contributed by atoms with E-state index in [2.05, 4.69) is 45.2 Å². The second kappa shape index (κ2) is 6.10. The Morgan fingerprint density at radius 2 is 2.04 bits per heavy atom. The highest BCUT2D eigenvalue weighted by Crippen LogP contribution is 2.47. The third-order valence-corrected chi connectivity index (χ3v) is 6.24. The van der Waals surface area contributed by atoms with Crippen LogP contribution in [0, 0.1) is 18.3 Å². The molecule has 4 rings (SSSR count). The van der Waals surface area contributed by atoms with Crippen molar-refractivity contribution < 1.29 is 0 Å². The molecule has 26 heavy (non-hydrogen) atoms. The van der Waals surface area contributed by atoms with Crippen LogP contribution in [0.2, 0.25) is 0 Å². The Kier molecular flexibility index (Phi) is 4.00. The molecule has 2 atom stereocenters. The Labute approximate surface area is 160 Å². The molecule has 0 spiro atoms. The molecule has 0 saturated carbocycles. The van der Waals surface area contributed by atoms with E-state index in [9.17, 15) is 10.1 Å². The summed E-state index contributed by atoms with van der Waals surface area (Å²) >= 11 is 3.54. The molecule has 1 N–H and O–H groups in total. The number of fused-ring (bicyclic) bond motifs is 2. The van der Waals surface area contributed by atoms with Crippen LogP contribution in [0.3, 0.4) is 0 Å². The molecule has 2 unspecified atom stereocenters. The molecule has 1 heterocycles. The maximum absolute atomic E-state index is 12.0. The van der Waals surface area contributed by atoms with Crippen molar-refractivity contribution in [1.82, 2.24) is 4.98 Å². The molecule has 130 valence electrons. The topological polar surface area (TPSA) is 56.6 Å². The zero-order valence-corrected chi connectivity index (χ0v) is 16.4. The lowest BCUT2D eigenvalue weighted by Crippen LogP contribution is -2.27. The molecule has 2 aromatic carbocycles. The smallest absolute Gasteiger partial charge is 0.251 e. The maximum Gasteiger partial charge on any atom is 0.251 e. The highest BCUT2D eigenvalue weighted by atomic mass is 79.9. The van der Waals surface area contributed by atoms with E-state index >= 15 is 0 Å². The van der Waals surface area contributed by atoms with Crippen LogP contribution in [-0.4, -0.2) is 4.98 Å². The first-order valence-corrected chi connectivity index (χ1v) is 9.55.